The number of nitrogens with one attached hydrogen (secondary N) is 1. The smallest absolute Gasteiger partial charge is 0.408 e. The molecule has 0 aromatic carbocycles. The minimum Gasteiger partial charge on any atom is -0.444 e. The number of ether oxygens (including phenoxy) is 1. The summed E-state index contributed by atoms with van der Waals surface area (Å²) in [6.45, 7) is 9.65. The molecule has 0 saturated carbocycles. The van der Waals surface area contributed by atoms with Gasteiger partial charge >= 0.3 is 6.09 Å². The average molecular weight is 302 g/mol. The van der Waals surface area contributed by atoms with Gasteiger partial charge in [0.2, 0.25) is 5.91 Å². The molecule has 122 valence electrons. The number of likely N-dealkylation sites (tertiary alicyclic amines) is 1. The van der Waals surface area contributed by atoms with Crippen molar-refractivity contribution < 1.29 is 18.7 Å². The highest BCUT2D eigenvalue weighted by molar-refractivity contribution is 5.86. The van der Waals surface area contributed by atoms with Gasteiger partial charge in [-0.1, -0.05) is 20.3 Å². The minimum atomic E-state index is -0.965. The minimum absolute atomic E-state index is 0.0383. The van der Waals surface area contributed by atoms with E-state index in [2.05, 4.69) is 5.32 Å². The molecular weight excluding hydrogens is 275 g/mol. The van der Waals surface area contributed by atoms with E-state index in [9.17, 15) is 14.0 Å². The Morgan fingerprint density at radius 3 is 2.48 bits per heavy atom. The Morgan fingerprint density at radius 2 is 2.05 bits per heavy atom. The van der Waals surface area contributed by atoms with E-state index in [1.165, 1.54) is 4.90 Å². The van der Waals surface area contributed by atoms with Crippen LogP contribution in [0.5, 0.6) is 0 Å². The van der Waals surface area contributed by atoms with Crippen molar-refractivity contribution in [2.45, 2.75) is 65.3 Å². The van der Waals surface area contributed by atoms with E-state index < -0.39 is 23.9 Å². The second-order valence-electron chi connectivity index (χ2n) is 6.68. The number of rotatable bonds is 4. The third-order valence-corrected chi connectivity index (χ3v) is 3.59. The third-order valence-electron chi connectivity index (χ3n) is 3.59. The van der Waals surface area contributed by atoms with Crippen LogP contribution in [-0.2, 0) is 9.53 Å². The van der Waals surface area contributed by atoms with E-state index >= 15 is 0 Å². The van der Waals surface area contributed by atoms with Crippen molar-refractivity contribution in [2.24, 2.45) is 5.92 Å². The number of alkyl carbamates (subject to hydrolysis) is 1. The number of carbonyl (C=O) groups excluding carboxylic acids is 2. The lowest BCUT2D eigenvalue weighted by Crippen LogP contribution is -2.52. The number of alkyl halides is 1. The zero-order valence-electron chi connectivity index (χ0n) is 13.6. The molecule has 0 aromatic rings. The topological polar surface area (TPSA) is 58.6 Å². The van der Waals surface area contributed by atoms with Gasteiger partial charge < -0.3 is 15.0 Å². The molecule has 1 heterocycles. The summed E-state index contributed by atoms with van der Waals surface area (Å²) in [7, 11) is 0. The van der Waals surface area contributed by atoms with Crippen molar-refractivity contribution in [1.29, 1.82) is 0 Å². The van der Waals surface area contributed by atoms with Crippen molar-refractivity contribution in [2.75, 3.05) is 13.1 Å². The van der Waals surface area contributed by atoms with Gasteiger partial charge in [-0.2, -0.15) is 0 Å². The van der Waals surface area contributed by atoms with Crippen LogP contribution >= 0.6 is 0 Å². The summed E-state index contributed by atoms with van der Waals surface area (Å²) in [5, 5.41) is 2.64. The van der Waals surface area contributed by atoms with Crippen LogP contribution in [0.15, 0.2) is 0 Å². The van der Waals surface area contributed by atoms with Crippen LogP contribution in [0.1, 0.15) is 47.5 Å². The Hall–Kier alpha value is -1.33. The molecule has 3 atom stereocenters. The summed E-state index contributed by atoms with van der Waals surface area (Å²) < 4.78 is 18.5. The molecule has 1 rings (SSSR count). The Bertz CT molecular complexity index is 382. The van der Waals surface area contributed by atoms with Gasteiger partial charge in [-0.25, -0.2) is 9.18 Å². The third kappa shape index (κ3) is 5.52. The number of nitrogens with zero attached hydrogens (tertiary/aromatic N) is 1. The zero-order valence-corrected chi connectivity index (χ0v) is 13.6. The van der Waals surface area contributed by atoms with Gasteiger partial charge in [0.05, 0.1) is 6.54 Å². The Labute approximate surface area is 126 Å². The van der Waals surface area contributed by atoms with Crippen molar-refractivity contribution in [1.82, 2.24) is 10.2 Å². The number of amides is 2. The number of hydrogen-bond donors (Lipinski definition) is 1. The summed E-state index contributed by atoms with van der Waals surface area (Å²) in [5.41, 5.74) is -0.620. The first kappa shape index (κ1) is 17.7. The predicted octanol–water partition coefficient (Wildman–Crippen LogP) is 2.50. The lowest BCUT2D eigenvalue weighted by Gasteiger charge is -2.29. The molecule has 0 bridgehead atoms. The van der Waals surface area contributed by atoms with Gasteiger partial charge in [-0.3, -0.25) is 4.79 Å². The molecule has 6 heteroatoms. The van der Waals surface area contributed by atoms with E-state index in [4.69, 9.17) is 4.74 Å². The van der Waals surface area contributed by atoms with Crippen LogP contribution in [-0.4, -0.2) is 47.8 Å². The molecule has 1 fully saturated rings. The van der Waals surface area contributed by atoms with E-state index in [-0.39, 0.29) is 18.4 Å². The molecule has 21 heavy (non-hydrogen) atoms. The summed E-state index contributed by atoms with van der Waals surface area (Å²) in [5.74, 6) is -0.265. The maximum absolute atomic E-state index is 13.3. The standard InChI is InChI=1S/C15H27FN2O3/c1-6-10(2)12(17-14(20)21-15(3,4)5)13(19)18-8-7-11(16)9-18/h10-12H,6-9H2,1-5H3,(H,17,20)/t10-,11-,12-/m0/s1. The second kappa shape index (κ2) is 7.09. The fourth-order valence-electron chi connectivity index (χ4n) is 2.23. The molecule has 1 aliphatic heterocycles. The second-order valence-corrected chi connectivity index (χ2v) is 6.68. The summed E-state index contributed by atoms with van der Waals surface area (Å²) >= 11 is 0. The fraction of sp³-hybridized carbons (Fsp3) is 0.867. The number of carbonyl (C=O) groups is 2. The Balaban J connectivity index is 2.72. The lowest BCUT2D eigenvalue weighted by molar-refractivity contribution is -0.133. The quantitative estimate of drug-likeness (QED) is 0.868. The highest BCUT2D eigenvalue weighted by Crippen LogP contribution is 2.18. The van der Waals surface area contributed by atoms with Gasteiger partial charge in [0.15, 0.2) is 0 Å². The van der Waals surface area contributed by atoms with Crippen molar-refractivity contribution in [3.63, 3.8) is 0 Å². The van der Waals surface area contributed by atoms with Gasteiger partial charge in [0, 0.05) is 6.54 Å². The van der Waals surface area contributed by atoms with E-state index in [1.807, 2.05) is 13.8 Å². The first-order chi connectivity index (χ1) is 9.64. The molecule has 5 nitrogen and oxygen atoms in total. The normalized spacial score (nSPS) is 21.8. The first-order valence-corrected chi connectivity index (χ1v) is 7.56. The van der Waals surface area contributed by atoms with E-state index in [1.54, 1.807) is 20.8 Å². The maximum Gasteiger partial charge on any atom is 0.408 e. The van der Waals surface area contributed by atoms with Crippen LogP contribution in [0.2, 0.25) is 0 Å². The SMILES string of the molecule is CC[C@H](C)[C@H](NC(=O)OC(C)(C)C)C(=O)N1CC[C@H](F)C1. The molecule has 0 aliphatic carbocycles. The van der Waals surface area contributed by atoms with E-state index in [0.29, 0.717) is 13.0 Å². The molecule has 0 radical (unpaired) electrons. The summed E-state index contributed by atoms with van der Waals surface area (Å²) in [4.78, 5) is 25.9. The Kier molecular flexibility index (Phi) is 5.98. The van der Waals surface area contributed by atoms with Gasteiger partial charge in [0.1, 0.15) is 17.8 Å². The summed E-state index contributed by atoms with van der Waals surface area (Å²) in [6, 6.07) is -0.671. The Morgan fingerprint density at radius 1 is 1.43 bits per heavy atom. The van der Waals surface area contributed by atoms with E-state index in [0.717, 1.165) is 6.42 Å². The van der Waals surface area contributed by atoms with Gasteiger partial charge in [-0.15, -0.1) is 0 Å². The van der Waals surface area contributed by atoms with Crippen LogP contribution in [0.3, 0.4) is 0 Å². The molecule has 0 spiro atoms. The molecule has 1 saturated heterocycles. The number of halogens is 1. The monoisotopic (exact) mass is 302 g/mol. The first-order valence-electron chi connectivity index (χ1n) is 7.56. The highest BCUT2D eigenvalue weighted by atomic mass is 19.1. The van der Waals surface area contributed by atoms with Gasteiger partial charge in [0.25, 0.3) is 0 Å². The van der Waals surface area contributed by atoms with Gasteiger partial charge in [-0.05, 0) is 33.1 Å². The molecule has 1 N–H and O–H groups in total. The molecule has 1 aliphatic rings. The van der Waals surface area contributed by atoms with Crippen LogP contribution in [0.4, 0.5) is 9.18 Å². The van der Waals surface area contributed by atoms with Crippen molar-refractivity contribution >= 4 is 12.0 Å². The van der Waals surface area contributed by atoms with Crippen LogP contribution in [0, 0.1) is 5.92 Å². The molecule has 0 aromatic heterocycles. The summed E-state index contributed by atoms with van der Waals surface area (Å²) in [6.07, 6.45) is -0.477. The zero-order chi connectivity index (χ0) is 16.2. The average Bonchev–Trinajstić information content (AvgIpc) is 2.79. The van der Waals surface area contributed by atoms with Crippen molar-refractivity contribution in [3.05, 3.63) is 0 Å². The fourth-order valence-corrected chi connectivity index (χ4v) is 2.23. The van der Waals surface area contributed by atoms with Crippen molar-refractivity contribution in [3.8, 4) is 0 Å². The molecule has 2 amide bonds. The van der Waals surface area contributed by atoms with Crippen LogP contribution in [0.25, 0.3) is 0 Å². The molecule has 0 unspecified atom stereocenters. The predicted molar refractivity (Wildman–Crippen MR) is 78.7 cm³/mol. The lowest BCUT2D eigenvalue weighted by atomic mass is 9.98. The van der Waals surface area contributed by atoms with Crippen LogP contribution < -0.4 is 5.32 Å². The maximum atomic E-state index is 13.3. The number of hydrogen-bond acceptors (Lipinski definition) is 3. The largest absolute Gasteiger partial charge is 0.444 e. The molecular formula is C15H27FN2O3. The highest BCUT2D eigenvalue weighted by Gasteiger charge is 2.34.